The highest BCUT2D eigenvalue weighted by Crippen LogP contribution is 2.24. The zero-order valence-electron chi connectivity index (χ0n) is 44.0. The Morgan fingerprint density at radius 1 is 0.848 bits per heavy atom. The van der Waals surface area contributed by atoms with Crippen LogP contribution in [-0.4, -0.2) is 186 Å². The molecule has 8 aliphatic rings. The number of nitroso groups, excluding NO2 is 1. The van der Waals surface area contributed by atoms with Gasteiger partial charge in [0.15, 0.2) is 17.3 Å². The molecule has 8 aliphatic heterocycles. The molecular weight excluding hydrogens is 1170 g/mol. The Morgan fingerprint density at radius 2 is 1.49 bits per heavy atom. The van der Waals surface area contributed by atoms with Crippen LogP contribution in [0.4, 0.5) is 0 Å². The molecule has 0 bridgehead atoms. The third-order valence-corrected chi connectivity index (χ3v) is 18.0. The van der Waals surface area contributed by atoms with Gasteiger partial charge < -0.3 is 25.4 Å². The number of terminal acetylenes is 1. The zero-order valence-corrected chi connectivity index (χ0v) is 49.8. The van der Waals surface area contributed by atoms with Crippen molar-refractivity contribution in [1.82, 2.24) is 39.7 Å². The maximum atomic E-state index is 11.4. The summed E-state index contributed by atoms with van der Waals surface area (Å²) in [5.41, 5.74) is 11.4. The van der Waals surface area contributed by atoms with Gasteiger partial charge in [-0.2, -0.15) is 15.3 Å². The fraction of sp³-hybridized carbons (Fsp3) is 0.617. The predicted octanol–water partition coefficient (Wildman–Crippen LogP) is 4.87. The fourth-order valence-corrected chi connectivity index (χ4v) is 13.5. The summed E-state index contributed by atoms with van der Waals surface area (Å²) in [6.07, 6.45) is 13.6. The number of carbonyl (C=O) groups is 7. The molecule has 4 fully saturated rings. The van der Waals surface area contributed by atoms with E-state index in [1.165, 1.54) is 52.6 Å². The number of aromatic nitrogens is 6. The summed E-state index contributed by atoms with van der Waals surface area (Å²) in [6, 6.07) is 2.44. The predicted molar refractivity (Wildman–Crippen MR) is 309 cm³/mol. The van der Waals surface area contributed by atoms with Gasteiger partial charge in [0.25, 0.3) is 6.04 Å². The number of aliphatic carboxylic acids is 2. The van der Waals surface area contributed by atoms with Crippen molar-refractivity contribution in [2.24, 2.45) is 16.3 Å². The number of hydrogen-bond acceptors (Lipinski definition) is 25. The molecule has 79 heavy (non-hydrogen) atoms. The van der Waals surface area contributed by atoms with Gasteiger partial charge in [-0.05, 0) is 88.5 Å². The van der Waals surface area contributed by atoms with Crippen LogP contribution in [0.25, 0.3) is 0 Å². The van der Waals surface area contributed by atoms with Crippen molar-refractivity contribution in [3.63, 3.8) is 0 Å². The molecular formula is C47H67N12O13S7+. The SMILES string of the molecule is C#CC(=O)OCC.CCOC(=O)c1cc2n(n1)CSCC2.Cc1cnn2c1CCSC2.NC1CCSC1=O.O=C(O)C1CCSCN1.O=C1ON=[N+]2CSCCC12.O=Cc1cc2n(n1)CSCC2.O=NN1CSCCC1C(=O)O. The van der Waals surface area contributed by atoms with E-state index in [4.69, 9.17) is 20.7 Å². The number of carboxylic acid groups (broad SMARTS) is 2. The lowest BCUT2D eigenvalue weighted by atomic mass is 10.2. The van der Waals surface area contributed by atoms with Crippen molar-refractivity contribution in [2.75, 3.05) is 71.1 Å². The van der Waals surface area contributed by atoms with Crippen LogP contribution in [0.2, 0.25) is 0 Å². The normalized spacial score (nSPS) is 20.9. The number of rotatable bonds is 7. The molecule has 0 aromatic carbocycles. The number of esters is 2. The number of carbonyl (C=O) groups excluding carboxylic acids is 5. The number of aryl methyl sites for hydroxylation is 3. The van der Waals surface area contributed by atoms with Crippen molar-refractivity contribution in [2.45, 2.75) is 108 Å². The van der Waals surface area contributed by atoms with E-state index in [0.29, 0.717) is 36.9 Å². The van der Waals surface area contributed by atoms with E-state index >= 15 is 0 Å². The Morgan fingerprint density at radius 3 is 1.99 bits per heavy atom. The summed E-state index contributed by atoms with van der Waals surface area (Å²) >= 11 is 12.0. The first-order valence-electron chi connectivity index (χ1n) is 24.9. The second kappa shape index (κ2) is 37.3. The highest BCUT2D eigenvalue weighted by atomic mass is 32.2. The number of nitrogens with zero attached hydrogens (tertiary/aromatic N) is 10. The lowest BCUT2D eigenvalue weighted by Gasteiger charge is -2.26. The molecule has 11 rings (SSSR count). The number of ether oxygens (including phenoxy) is 2. The van der Waals surface area contributed by atoms with Gasteiger partial charge in [-0.25, -0.2) is 24.2 Å². The van der Waals surface area contributed by atoms with Crippen LogP contribution in [0.3, 0.4) is 0 Å². The molecule has 3 aromatic rings. The molecule has 0 aliphatic carbocycles. The van der Waals surface area contributed by atoms with E-state index in [1.807, 2.05) is 63.0 Å². The minimum absolute atomic E-state index is 0.0822. The lowest BCUT2D eigenvalue weighted by molar-refractivity contribution is -0.601. The van der Waals surface area contributed by atoms with E-state index < -0.39 is 23.9 Å². The number of nitrogens with one attached hydrogen (secondary N) is 1. The Balaban J connectivity index is 0.000000196. The molecule has 4 unspecified atom stereocenters. The van der Waals surface area contributed by atoms with Crippen molar-refractivity contribution >= 4 is 124 Å². The number of nitrogens with two attached hydrogens (primary N) is 1. The Kier molecular flexibility index (Phi) is 31.5. The van der Waals surface area contributed by atoms with E-state index in [-0.39, 0.29) is 35.2 Å². The number of aldehydes is 1. The van der Waals surface area contributed by atoms with Crippen LogP contribution in [-0.2, 0) is 75.2 Å². The molecule has 11 heterocycles. The quantitative estimate of drug-likeness (QED) is 0.0612. The molecule has 4 saturated heterocycles. The van der Waals surface area contributed by atoms with Crippen LogP contribution in [0.15, 0.2) is 28.9 Å². The maximum absolute atomic E-state index is 11.4. The molecule has 0 spiro atoms. The average Bonchev–Trinajstić information content (AvgIpc) is 4.35. The van der Waals surface area contributed by atoms with E-state index in [0.717, 1.165) is 113 Å². The summed E-state index contributed by atoms with van der Waals surface area (Å²) in [5.74, 6) is 10.9. The fourth-order valence-electron chi connectivity index (χ4n) is 7.26. The molecule has 434 valence electrons. The van der Waals surface area contributed by atoms with Crippen molar-refractivity contribution in [3.8, 4) is 12.3 Å². The molecule has 4 atom stereocenters. The molecule has 32 heteroatoms. The van der Waals surface area contributed by atoms with Gasteiger partial charge in [0.1, 0.15) is 17.8 Å². The summed E-state index contributed by atoms with van der Waals surface area (Å²) < 4.78 is 16.8. The maximum Gasteiger partial charge on any atom is 0.410 e. The largest absolute Gasteiger partial charge is 0.480 e. The number of carboxylic acids is 2. The summed E-state index contributed by atoms with van der Waals surface area (Å²) in [6.45, 7) is 6.38. The van der Waals surface area contributed by atoms with Gasteiger partial charge in [0.2, 0.25) is 11.0 Å². The Hall–Kier alpha value is -4.75. The van der Waals surface area contributed by atoms with Crippen LogP contribution >= 0.6 is 82.3 Å². The standard InChI is InChI=1S/C9H12N2O2S.C7H8N2OS.C7H10N2S.C5H8N2O3S.C5H7N2O2S.C5H9NO2S.C5H6O2.C4H7NOS/c1-2-13-9(12)8-5-7-3-4-14-6-11(7)10-8;10-4-6-3-7-1-2-11-5-9(7)8-6;1-6-4-8-9-5-10-3-2-7(6)9;8-5(9)4-1-2-11-3-7(4)6-10;8-5-4-1-2-10-3-7(4)6-9-5;7-5(8)4-1-2-9-3-6-4;1-3-5(6)7-4-2;5-3-1-2-7-4(3)6/h5H,2-4,6H2,1H3;3-4H,1-2,5H2;4H,2-3,5H2,1H3;4H,1-3H2,(H,8,9);4H,1-3H2;4,6H,1-3H2,(H,7,8);1H,4H2,2H3;3H,1-2,5H2/q;;;;+1;;;. The van der Waals surface area contributed by atoms with Gasteiger partial charge in [0.05, 0.1) is 54.2 Å². The molecule has 0 saturated carbocycles. The summed E-state index contributed by atoms with van der Waals surface area (Å²) in [5, 5.41) is 39.9. The molecule has 0 amide bonds. The van der Waals surface area contributed by atoms with Crippen molar-refractivity contribution < 1.29 is 62.8 Å². The topological polar surface area (TPSA) is 327 Å². The van der Waals surface area contributed by atoms with Gasteiger partial charge in [-0.1, -0.05) is 28.2 Å². The summed E-state index contributed by atoms with van der Waals surface area (Å²) in [7, 11) is 0. The van der Waals surface area contributed by atoms with Crippen LogP contribution in [0, 0.1) is 24.2 Å². The third-order valence-electron chi connectivity index (χ3n) is 11.4. The molecule has 5 N–H and O–H groups in total. The van der Waals surface area contributed by atoms with Crippen molar-refractivity contribution in [3.05, 3.63) is 57.3 Å². The van der Waals surface area contributed by atoms with Gasteiger partial charge in [0, 0.05) is 64.1 Å². The minimum atomic E-state index is -0.968. The first-order valence-corrected chi connectivity index (χ1v) is 32.8. The highest BCUT2D eigenvalue weighted by Gasteiger charge is 2.42. The zero-order chi connectivity index (χ0) is 57.5. The second-order valence-corrected chi connectivity index (χ2v) is 24.5. The first-order chi connectivity index (χ1) is 38.1. The number of fused-ring (bicyclic) bond motifs is 4. The lowest BCUT2D eigenvalue weighted by Crippen LogP contribution is -2.40. The first kappa shape index (κ1) is 66.8. The van der Waals surface area contributed by atoms with Crippen molar-refractivity contribution in [1.29, 1.82) is 0 Å². The van der Waals surface area contributed by atoms with Crippen LogP contribution in [0.5, 0.6) is 0 Å². The monoisotopic (exact) mass is 1230 g/mol. The van der Waals surface area contributed by atoms with E-state index in [2.05, 4.69) is 58.8 Å². The van der Waals surface area contributed by atoms with Gasteiger partial charge in [-0.15, -0.1) is 70.1 Å². The molecule has 25 nitrogen and oxygen atoms in total. The van der Waals surface area contributed by atoms with E-state index in [1.54, 1.807) is 48.0 Å². The highest BCUT2D eigenvalue weighted by molar-refractivity contribution is 8.14. The Labute approximate surface area is 487 Å². The van der Waals surface area contributed by atoms with E-state index in [9.17, 15) is 38.5 Å². The number of hydrogen-bond donors (Lipinski definition) is 4. The smallest absolute Gasteiger partial charge is 0.410 e. The summed E-state index contributed by atoms with van der Waals surface area (Å²) in [4.78, 5) is 88.2. The van der Waals surface area contributed by atoms with Gasteiger partial charge in [-0.3, -0.25) is 38.6 Å². The van der Waals surface area contributed by atoms with Crippen LogP contribution < -0.4 is 11.1 Å². The minimum Gasteiger partial charge on any atom is -0.480 e. The second-order valence-electron chi connectivity index (χ2n) is 16.9. The number of thioether (sulfide) groups is 7. The van der Waals surface area contributed by atoms with Crippen LogP contribution in [0.1, 0.15) is 83.2 Å². The Bertz CT molecular complexity index is 2510. The molecule has 3 aromatic heterocycles. The molecule has 0 radical (unpaired) electrons. The third kappa shape index (κ3) is 23.3. The van der Waals surface area contributed by atoms with Gasteiger partial charge >= 0.3 is 29.8 Å². The average molecular weight is 1230 g/mol.